The monoisotopic (exact) mass is 332 g/mol. The molecule has 0 saturated carbocycles. The summed E-state index contributed by atoms with van der Waals surface area (Å²) < 4.78 is 42.2. The minimum absolute atomic E-state index is 0.0389. The molecule has 0 aliphatic rings. The van der Waals surface area contributed by atoms with Gasteiger partial charge in [0.05, 0.1) is 11.1 Å². The molecule has 0 bridgehead atoms. The van der Waals surface area contributed by atoms with Gasteiger partial charge < -0.3 is 4.74 Å². The second kappa shape index (κ2) is 5.82. The molecule has 2 rings (SSSR count). The van der Waals surface area contributed by atoms with E-state index in [2.05, 4.69) is 15.9 Å². The third kappa shape index (κ3) is 3.86. The molecule has 0 spiro atoms. The molecule has 0 amide bonds. The first kappa shape index (κ1) is 14.2. The number of alkyl halides is 3. The fourth-order valence-electron chi connectivity index (χ4n) is 1.78. The lowest BCUT2D eigenvalue weighted by Gasteiger charge is -2.11. The molecule has 5 heteroatoms. The van der Waals surface area contributed by atoms with Gasteiger partial charge in [-0.3, -0.25) is 0 Å². The van der Waals surface area contributed by atoms with Gasteiger partial charge in [-0.1, -0.05) is 30.3 Å². The van der Waals surface area contributed by atoms with Gasteiger partial charge in [0.2, 0.25) is 0 Å². The number of ether oxygens (including phenoxy) is 1. The quantitative estimate of drug-likeness (QED) is 0.688. The van der Waals surface area contributed by atoms with Crippen LogP contribution >= 0.6 is 15.9 Å². The van der Waals surface area contributed by atoms with Crippen molar-refractivity contribution in [2.45, 2.75) is 19.0 Å². The average Bonchev–Trinajstić information content (AvgIpc) is 2.36. The predicted octanol–water partition coefficient (Wildman–Crippen LogP) is 5.32. The third-order valence-electron chi connectivity index (χ3n) is 2.69. The van der Waals surface area contributed by atoms with E-state index in [0.29, 0.717) is 5.75 Å². The van der Waals surface area contributed by atoms with Crippen LogP contribution < -0.4 is 4.74 Å². The van der Waals surface area contributed by atoms with Gasteiger partial charge in [-0.15, -0.1) is 0 Å². The van der Waals surface area contributed by atoms with E-state index in [0.717, 1.165) is 15.2 Å². The molecule has 0 unspecified atom stereocenters. The van der Waals surface area contributed by atoms with E-state index in [1.165, 1.54) is 0 Å². The van der Waals surface area contributed by atoms with Crippen molar-refractivity contribution in [2.75, 3.05) is 6.61 Å². The fraction of sp³-hybridized carbons (Fsp3) is 0.286. The van der Waals surface area contributed by atoms with Crippen LogP contribution in [0.4, 0.5) is 13.2 Å². The molecule has 2 aromatic rings. The largest absolute Gasteiger partial charge is 0.492 e. The second-order valence-corrected chi connectivity index (χ2v) is 4.96. The van der Waals surface area contributed by atoms with Gasteiger partial charge >= 0.3 is 6.18 Å². The number of halogens is 4. The summed E-state index contributed by atoms with van der Waals surface area (Å²) in [5.74, 6) is 0.570. The Kier molecular flexibility index (Phi) is 4.34. The minimum atomic E-state index is -4.12. The topological polar surface area (TPSA) is 9.23 Å². The smallest absolute Gasteiger partial charge is 0.389 e. The maximum Gasteiger partial charge on any atom is 0.389 e. The average molecular weight is 333 g/mol. The molecule has 0 aliphatic carbocycles. The van der Waals surface area contributed by atoms with Crippen LogP contribution in [-0.2, 0) is 0 Å². The maximum absolute atomic E-state index is 12.0. The van der Waals surface area contributed by atoms with Crippen molar-refractivity contribution >= 4 is 26.7 Å². The minimum Gasteiger partial charge on any atom is -0.492 e. The highest BCUT2D eigenvalue weighted by atomic mass is 79.9. The van der Waals surface area contributed by atoms with Crippen molar-refractivity contribution in [1.82, 2.24) is 0 Å². The van der Waals surface area contributed by atoms with Crippen LogP contribution in [-0.4, -0.2) is 12.8 Å². The summed E-state index contributed by atoms with van der Waals surface area (Å²) in [5.41, 5.74) is 0. The zero-order valence-corrected chi connectivity index (χ0v) is 11.6. The van der Waals surface area contributed by atoms with Crippen molar-refractivity contribution < 1.29 is 17.9 Å². The van der Waals surface area contributed by atoms with Crippen molar-refractivity contribution in [2.24, 2.45) is 0 Å². The molecule has 0 aliphatic heterocycles. The molecule has 0 atom stereocenters. The summed E-state index contributed by atoms with van der Waals surface area (Å²) in [6.45, 7) is 0.0520. The molecule has 0 N–H and O–H groups in total. The number of benzene rings is 2. The molecule has 0 fully saturated rings. The standard InChI is InChI=1S/C14H12BrF3O/c15-13-11-5-2-1-4-10(11)6-7-12(13)19-9-3-8-14(16,17)18/h1-2,4-7H,3,8-9H2. The molecule has 0 saturated heterocycles. The van der Waals surface area contributed by atoms with E-state index in [9.17, 15) is 13.2 Å². The van der Waals surface area contributed by atoms with E-state index >= 15 is 0 Å². The van der Waals surface area contributed by atoms with E-state index < -0.39 is 12.6 Å². The molecule has 0 aromatic heterocycles. The maximum atomic E-state index is 12.0. The summed E-state index contributed by atoms with van der Waals surface area (Å²) in [4.78, 5) is 0. The van der Waals surface area contributed by atoms with Gasteiger partial charge in [-0.05, 0) is 39.2 Å². The predicted molar refractivity (Wildman–Crippen MR) is 72.4 cm³/mol. The summed E-state index contributed by atoms with van der Waals surface area (Å²) in [7, 11) is 0. The van der Waals surface area contributed by atoms with Crippen LogP contribution in [0.1, 0.15) is 12.8 Å². The van der Waals surface area contributed by atoms with Crippen molar-refractivity contribution in [1.29, 1.82) is 0 Å². The lowest BCUT2D eigenvalue weighted by molar-refractivity contribution is -0.136. The number of rotatable bonds is 4. The van der Waals surface area contributed by atoms with Crippen LogP contribution in [0.15, 0.2) is 40.9 Å². The normalized spacial score (nSPS) is 11.8. The molecule has 0 radical (unpaired) electrons. The molecular weight excluding hydrogens is 321 g/mol. The fourth-order valence-corrected chi connectivity index (χ4v) is 2.39. The highest BCUT2D eigenvalue weighted by Crippen LogP contribution is 2.33. The molecule has 1 nitrogen and oxygen atoms in total. The zero-order chi connectivity index (χ0) is 13.9. The molecular formula is C14H12BrF3O. The van der Waals surface area contributed by atoms with Crippen LogP contribution in [0.2, 0.25) is 0 Å². The first-order valence-corrected chi connectivity index (χ1v) is 6.63. The van der Waals surface area contributed by atoms with Gasteiger partial charge in [0.1, 0.15) is 5.75 Å². The Bertz CT molecular complexity index is 566. The van der Waals surface area contributed by atoms with Crippen LogP contribution in [0.3, 0.4) is 0 Å². The Morgan fingerprint density at radius 3 is 2.53 bits per heavy atom. The van der Waals surface area contributed by atoms with E-state index in [1.54, 1.807) is 6.07 Å². The SMILES string of the molecule is FC(F)(F)CCCOc1ccc2ccccc2c1Br. The number of hydrogen-bond acceptors (Lipinski definition) is 1. The molecule has 2 aromatic carbocycles. The second-order valence-electron chi connectivity index (χ2n) is 4.17. The number of hydrogen-bond donors (Lipinski definition) is 0. The lowest BCUT2D eigenvalue weighted by Crippen LogP contribution is -2.09. The highest BCUT2D eigenvalue weighted by molar-refractivity contribution is 9.10. The highest BCUT2D eigenvalue weighted by Gasteiger charge is 2.26. The lowest BCUT2D eigenvalue weighted by atomic mass is 10.1. The van der Waals surface area contributed by atoms with Gasteiger partial charge in [0.15, 0.2) is 0 Å². The first-order valence-electron chi connectivity index (χ1n) is 5.84. The van der Waals surface area contributed by atoms with Crippen molar-refractivity contribution in [3.05, 3.63) is 40.9 Å². The summed E-state index contributed by atoms with van der Waals surface area (Å²) >= 11 is 3.43. The Labute approximate surface area is 117 Å². The van der Waals surface area contributed by atoms with Gasteiger partial charge in [-0.25, -0.2) is 0 Å². The Morgan fingerprint density at radius 2 is 1.79 bits per heavy atom. The van der Waals surface area contributed by atoms with E-state index in [-0.39, 0.29) is 13.0 Å². The summed E-state index contributed by atoms with van der Waals surface area (Å²) in [5, 5.41) is 2.04. The van der Waals surface area contributed by atoms with Crippen LogP contribution in [0, 0.1) is 0 Å². The van der Waals surface area contributed by atoms with Crippen LogP contribution in [0.25, 0.3) is 10.8 Å². The Balaban J connectivity index is 2.03. The van der Waals surface area contributed by atoms with E-state index in [1.807, 2.05) is 30.3 Å². The van der Waals surface area contributed by atoms with Gasteiger partial charge in [0, 0.05) is 6.42 Å². The molecule has 102 valence electrons. The van der Waals surface area contributed by atoms with Crippen molar-refractivity contribution in [3.8, 4) is 5.75 Å². The Hall–Kier alpha value is -1.23. The Morgan fingerprint density at radius 1 is 1.05 bits per heavy atom. The number of fused-ring (bicyclic) bond motifs is 1. The zero-order valence-electron chi connectivity index (χ0n) is 10.0. The first-order chi connectivity index (χ1) is 8.97. The molecule has 19 heavy (non-hydrogen) atoms. The van der Waals surface area contributed by atoms with Crippen molar-refractivity contribution in [3.63, 3.8) is 0 Å². The molecule has 0 heterocycles. The van der Waals surface area contributed by atoms with E-state index in [4.69, 9.17) is 4.74 Å². The van der Waals surface area contributed by atoms with Gasteiger partial charge in [-0.2, -0.15) is 13.2 Å². The third-order valence-corrected chi connectivity index (χ3v) is 3.51. The van der Waals surface area contributed by atoms with Crippen LogP contribution in [0.5, 0.6) is 5.75 Å². The summed E-state index contributed by atoms with van der Waals surface area (Å²) in [6, 6.07) is 11.4. The van der Waals surface area contributed by atoms with Gasteiger partial charge in [0.25, 0.3) is 0 Å². The summed E-state index contributed by atoms with van der Waals surface area (Å²) in [6.07, 6.45) is -4.98.